The second-order valence-electron chi connectivity index (χ2n) is 7.07. The number of piperidine rings is 1. The summed E-state index contributed by atoms with van der Waals surface area (Å²) in [6.45, 7) is 1.20. The number of thiophene rings is 1. The van der Waals surface area contributed by atoms with E-state index in [2.05, 4.69) is 15.4 Å². The summed E-state index contributed by atoms with van der Waals surface area (Å²) in [6, 6.07) is 12.1. The SMILES string of the molecule is O=C(c1cc(-c2cccs2)on1)N1CCC[C@@H](c2nnc(-c3ccccc3F)s2)C1. The summed E-state index contributed by atoms with van der Waals surface area (Å²) in [5.74, 6) is 0.211. The molecule has 0 spiro atoms. The van der Waals surface area contributed by atoms with Gasteiger partial charge in [-0.3, -0.25) is 4.79 Å². The smallest absolute Gasteiger partial charge is 0.276 e. The quantitative estimate of drug-likeness (QED) is 0.442. The molecule has 1 amide bonds. The van der Waals surface area contributed by atoms with Gasteiger partial charge in [-0.15, -0.1) is 21.5 Å². The summed E-state index contributed by atoms with van der Waals surface area (Å²) >= 11 is 2.92. The fraction of sp³-hybridized carbons (Fsp3) is 0.238. The van der Waals surface area contributed by atoms with Gasteiger partial charge in [-0.25, -0.2) is 4.39 Å². The molecule has 4 heterocycles. The molecule has 4 aromatic rings. The minimum Gasteiger partial charge on any atom is -0.355 e. The van der Waals surface area contributed by atoms with Crippen LogP contribution >= 0.6 is 22.7 Å². The van der Waals surface area contributed by atoms with Crippen molar-refractivity contribution in [3.8, 4) is 21.2 Å². The first kappa shape index (κ1) is 19.1. The zero-order valence-corrected chi connectivity index (χ0v) is 17.5. The fourth-order valence-electron chi connectivity index (χ4n) is 3.58. The maximum absolute atomic E-state index is 14.1. The third-order valence-corrected chi connectivity index (χ3v) is 7.10. The molecule has 0 radical (unpaired) electrons. The lowest BCUT2D eigenvalue weighted by molar-refractivity contribution is 0.0696. The summed E-state index contributed by atoms with van der Waals surface area (Å²) in [5, 5.41) is 15.8. The molecule has 152 valence electrons. The molecule has 0 unspecified atom stereocenters. The second kappa shape index (κ2) is 8.08. The Balaban J connectivity index is 1.32. The van der Waals surface area contributed by atoms with Crippen LogP contribution in [0.4, 0.5) is 4.39 Å². The Kier molecular flexibility index (Phi) is 5.14. The third kappa shape index (κ3) is 3.66. The Morgan fingerprint density at radius 2 is 2.10 bits per heavy atom. The van der Waals surface area contributed by atoms with Gasteiger partial charge >= 0.3 is 0 Å². The maximum Gasteiger partial charge on any atom is 0.276 e. The molecule has 30 heavy (non-hydrogen) atoms. The van der Waals surface area contributed by atoms with E-state index in [1.54, 1.807) is 29.2 Å². The van der Waals surface area contributed by atoms with Crippen LogP contribution in [-0.4, -0.2) is 39.3 Å². The van der Waals surface area contributed by atoms with Crippen molar-refractivity contribution in [3.63, 3.8) is 0 Å². The van der Waals surface area contributed by atoms with Crippen molar-refractivity contribution < 1.29 is 13.7 Å². The normalized spacial score (nSPS) is 16.7. The molecule has 1 aromatic carbocycles. The average Bonchev–Trinajstić information content (AvgIpc) is 3.55. The zero-order chi connectivity index (χ0) is 20.5. The maximum atomic E-state index is 14.1. The van der Waals surface area contributed by atoms with E-state index in [1.165, 1.54) is 28.7 Å². The molecule has 0 bridgehead atoms. The van der Waals surface area contributed by atoms with E-state index in [4.69, 9.17) is 4.52 Å². The van der Waals surface area contributed by atoms with E-state index in [9.17, 15) is 9.18 Å². The highest BCUT2D eigenvalue weighted by molar-refractivity contribution is 7.14. The van der Waals surface area contributed by atoms with Crippen molar-refractivity contribution in [2.24, 2.45) is 0 Å². The number of benzene rings is 1. The Morgan fingerprint density at radius 3 is 2.93 bits per heavy atom. The summed E-state index contributed by atoms with van der Waals surface area (Å²) in [4.78, 5) is 15.7. The molecule has 1 aliphatic rings. The largest absolute Gasteiger partial charge is 0.355 e. The highest BCUT2D eigenvalue weighted by Gasteiger charge is 2.29. The van der Waals surface area contributed by atoms with E-state index in [-0.39, 0.29) is 17.6 Å². The van der Waals surface area contributed by atoms with Crippen molar-refractivity contribution in [2.75, 3.05) is 13.1 Å². The average molecular weight is 441 g/mol. The van der Waals surface area contributed by atoms with Crippen LogP contribution in [0.15, 0.2) is 52.4 Å². The molecule has 1 atom stereocenters. The number of carbonyl (C=O) groups excluding carboxylic acids is 1. The number of likely N-dealkylation sites (tertiary alicyclic amines) is 1. The van der Waals surface area contributed by atoms with Crippen molar-refractivity contribution in [1.82, 2.24) is 20.3 Å². The Hall–Kier alpha value is -2.91. The molecular formula is C21H17FN4O2S2. The summed E-state index contributed by atoms with van der Waals surface area (Å²) < 4.78 is 19.4. The van der Waals surface area contributed by atoms with Crippen molar-refractivity contribution in [2.45, 2.75) is 18.8 Å². The van der Waals surface area contributed by atoms with Crippen molar-refractivity contribution >= 4 is 28.6 Å². The van der Waals surface area contributed by atoms with Crippen LogP contribution in [0.1, 0.15) is 34.3 Å². The molecule has 0 saturated carbocycles. The molecule has 0 aliphatic carbocycles. The van der Waals surface area contributed by atoms with Gasteiger partial charge in [0.1, 0.15) is 10.8 Å². The predicted octanol–water partition coefficient (Wildman–Crippen LogP) is 5.08. The number of aromatic nitrogens is 3. The van der Waals surface area contributed by atoms with Crippen LogP contribution in [0.25, 0.3) is 21.2 Å². The molecule has 1 aliphatic heterocycles. The van der Waals surface area contributed by atoms with Crippen molar-refractivity contribution in [1.29, 1.82) is 0 Å². The van der Waals surface area contributed by atoms with E-state index < -0.39 is 0 Å². The number of halogens is 1. The first-order valence-corrected chi connectivity index (χ1v) is 11.3. The van der Waals surface area contributed by atoms with Gasteiger partial charge in [0.25, 0.3) is 5.91 Å². The Bertz CT molecular complexity index is 1170. The standard InChI is InChI=1S/C21H17FN4O2S2/c22-15-7-2-1-6-14(15)20-24-23-19(30-20)13-5-3-9-26(12-13)21(27)16-11-17(28-25-16)18-8-4-10-29-18/h1-2,4,6-8,10-11,13H,3,5,9,12H2/t13-/m1/s1. The number of hydrogen-bond acceptors (Lipinski definition) is 7. The lowest BCUT2D eigenvalue weighted by atomic mass is 9.98. The monoisotopic (exact) mass is 440 g/mol. The highest BCUT2D eigenvalue weighted by atomic mass is 32.1. The summed E-state index contributed by atoms with van der Waals surface area (Å²) in [7, 11) is 0. The van der Waals surface area contributed by atoms with Gasteiger partial charge in [0, 0.05) is 30.6 Å². The molecule has 0 N–H and O–H groups in total. The van der Waals surface area contributed by atoms with Crippen LogP contribution in [0.3, 0.4) is 0 Å². The van der Waals surface area contributed by atoms with Crippen LogP contribution in [0, 0.1) is 5.82 Å². The molecule has 1 fully saturated rings. The van der Waals surface area contributed by atoms with Gasteiger partial charge < -0.3 is 9.42 Å². The number of amides is 1. The first-order valence-electron chi connectivity index (χ1n) is 9.57. The molecule has 3 aromatic heterocycles. The van der Waals surface area contributed by atoms with Crippen LogP contribution in [0.2, 0.25) is 0 Å². The minimum atomic E-state index is -0.312. The molecule has 6 nitrogen and oxygen atoms in total. The van der Waals surface area contributed by atoms with Crippen LogP contribution in [0.5, 0.6) is 0 Å². The number of rotatable bonds is 4. The van der Waals surface area contributed by atoms with Gasteiger partial charge in [-0.05, 0) is 36.4 Å². The topological polar surface area (TPSA) is 72.1 Å². The number of carbonyl (C=O) groups is 1. The van der Waals surface area contributed by atoms with Gasteiger partial charge in [0.15, 0.2) is 16.5 Å². The lowest BCUT2D eigenvalue weighted by Crippen LogP contribution is -2.39. The molecule has 1 saturated heterocycles. The molecular weight excluding hydrogens is 423 g/mol. The van der Waals surface area contributed by atoms with E-state index in [0.29, 0.717) is 35.1 Å². The van der Waals surface area contributed by atoms with Crippen LogP contribution < -0.4 is 0 Å². The van der Waals surface area contributed by atoms with Gasteiger partial charge in [-0.1, -0.05) is 34.7 Å². The van der Waals surface area contributed by atoms with Gasteiger partial charge in [0.2, 0.25) is 0 Å². The predicted molar refractivity (Wildman–Crippen MR) is 113 cm³/mol. The van der Waals surface area contributed by atoms with Gasteiger partial charge in [0.05, 0.1) is 4.88 Å². The van der Waals surface area contributed by atoms with Crippen LogP contribution in [-0.2, 0) is 0 Å². The third-order valence-electron chi connectivity index (χ3n) is 5.10. The first-order chi connectivity index (χ1) is 14.7. The highest BCUT2D eigenvalue weighted by Crippen LogP contribution is 2.34. The lowest BCUT2D eigenvalue weighted by Gasteiger charge is -2.30. The second-order valence-corrected chi connectivity index (χ2v) is 9.03. The van der Waals surface area contributed by atoms with E-state index in [1.807, 2.05) is 17.5 Å². The van der Waals surface area contributed by atoms with Crippen molar-refractivity contribution in [3.05, 3.63) is 64.4 Å². The fourth-order valence-corrected chi connectivity index (χ4v) is 5.25. The Labute approximate surface area is 180 Å². The van der Waals surface area contributed by atoms with E-state index in [0.717, 1.165) is 22.7 Å². The number of hydrogen-bond donors (Lipinski definition) is 0. The molecule has 5 rings (SSSR count). The summed E-state index contributed by atoms with van der Waals surface area (Å²) in [5.41, 5.74) is 0.761. The van der Waals surface area contributed by atoms with Gasteiger partial charge in [-0.2, -0.15) is 0 Å². The van der Waals surface area contributed by atoms with E-state index >= 15 is 0 Å². The summed E-state index contributed by atoms with van der Waals surface area (Å²) in [6.07, 6.45) is 1.77. The number of nitrogens with zero attached hydrogens (tertiary/aromatic N) is 4. The minimum absolute atomic E-state index is 0.0735. The zero-order valence-electron chi connectivity index (χ0n) is 15.8. The Morgan fingerprint density at radius 1 is 1.20 bits per heavy atom. The molecule has 9 heteroatoms.